The molecular formula is C14H23N3O8S. The van der Waals surface area contributed by atoms with E-state index in [0.717, 1.165) is 11.8 Å². The van der Waals surface area contributed by atoms with E-state index in [1.807, 2.05) is 0 Å². The molecule has 0 aromatic heterocycles. The number of hydrogen-bond donors (Lipinski definition) is 6. The molecule has 7 N–H and O–H groups in total. The van der Waals surface area contributed by atoms with Crippen molar-refractivity contribution in [3.63, 3.8) is 0 Å². The first-order valence-corrected chi connectivity index (χ1v) is 8.77. The van der Waals surface area contributed by atoms with Crippen LogP contribution in [0.5, 0.6) is 0 Å². The van der Waals surface area contributed by atoms with Crippen molar-refractivity contribution in [3.8, 4) is 0 Å². The average Bonchev–Trinajstić information content (AvgIpc) is 2.55. The Morgan fingerprint density at radius 3 is 2.15 bits per heavy atom. The number of carboxylic acid groups (broad SMARTS) is 3. The van der Waals surface area contributed by atoms with Gasteiger partial charge >= 0.3 is 17.9 Å². The maximum atomic E-state index is 12.0. The number of thioether (sulfide) groups is 1. The molecule has 12 heteroatoms. The van der Waals surface area contributed by atoms with Crippen LogP contribution in [-0.4, -0.2) is 75.2 Å². The summed E-state index contributed by atoms with van der Waals surface area (Å²) in [4.78, 5) is 55.8. The molecule has 0 aliphatic heterocycles. The molecule has 0 radical (unpaired) electrons. The highest BCUT2D eigenvalue weighted by Crippen LogP contribution is 2.10. The SMILES string of the molecule is C[C@@H](CSC[C@@H](NC(=O)CC[C@H](N)C(=O)O)C(=O)NCC(=O)O)C(=O)O. The molecule has 2 amide bonds. The van der Waals surface area contributed by atoms with Gasteiger partial charge in [-0.2, -0.15) is 11.8 Å². The van der Waals surface area contributed by atoms with Crippen molar-refractivity contribution in [2.75, 3.05) is 18.1 Å². The second-order valence-corrected chi connectivity index (χ2v) is 6.57. The zero-order valence-corrected chi connectivity index (χ0v) is 15.0. The Morgan fingerprint density at radius 2 is 1.65 bits per heavy atom. The molecule has 0 aliphatic carbocycles. The third-order valence-electron chi connectivity index (χ3n) is 3.14. The van der Waals surface area contributed by atoms with E-state index in [-0.39, 0.29) is 24.3 Å². The van der Waals surface area contributed by atoms with Crippen LogP contribution in [0.4, 0.5) is 0 Å². The van der Waals surface area contributed by atoms with E-state index in [9.17, 15) is 24.0 Å². The molecule has 0 fully saturated rings. The predicted molar refractivity (Wildman–Crippen MR) is 91.5 cm³/mol. The van der Waals surface area contributed by atoms with Crippen molar-refractivity contribution in [2.24, 2.45) is 11.7 Å². The summed E-state index contributed by atoms with van der Waals surface area (Å²) in [6, 6.07) is -2.31. The number of nitrogens with one attached hydrogen (secondary N) is 2. The highest BCUT2D eigenvalue weighted by atomic mass is 32.2. The van der Waals surface area contributed by atoms with Gasteiger partial charge in [-0.05, 0) is 6.42 Å². The fraction of sp³-hybridized carbons (Fsp3) is 0.643. The molecule has 0 aromatic rings. The summed E-state index contributed by atoms with van der Waals surface area (Å²) in [7, 11) is 0. The smallest absolute Gasteiger partial charge is 0.322 e. The van der Waals surface area contributed by atoms with Gasteiger partial charge in [-0.25, -0.2) is 0 Å². The molecule has 0 bridgehead atoms. The number of carbonyl (C=O) groups excluding carboxylic acids is 2. The number of carbonyl (C=O) groups is 5. The van der Waals surface area contributed by atoms with Crippen LogP contribution in [0.1, 0.15) is 19.8 Å². The van der Waals surface area contributed by atoms with Gasteiger partial charge in [-0.15, -0.1) is 0 Å². The molecule has 0 unspecified atom stereocenters. The minimum Gasteiger partial charge on any atom is -0.481 e. The predicted octanol–water partition coefficient (Wildman–Crippen LogP) is -1.68. The molecule has 0 rings (SSSR count). The number of hydrogen-bond acceptors (Lipinski definition) is 7. The van der Waals surface area contributed by atoms with Crippen LogP contribution < -0.4 is 16.4 Å². The van der Waals surface area contributed by atoms with E-state index in [1.54, 1.807) is 0 Å². The van der Waals surface area contributed by atoms with Crippen molar-refractivity contribution in [3.05, 3.63) is 0 Å². The molecule has 3 atom stereocenters. The molecule has 11 nitrogen and oxygen atoms in total. The molecule has 0 aromatic carbocycles. The lowest BCUT2D eigenvalue weighted by Gasteiger charge is -2.18. The number of carboxylic acids is 3. The molecule has 0 aliphatic rings. The largest absolute Gasteiger partial charge is 0.481 e. The van der Waals surface area contributed by atoms with E-state index in [4.69, 9.17) is 21.1 Å². The standard InChI is InChI=1S/C14H23N3O8S/c1-7(13(22)23)5-26-6-9(12(21)16-4-11(19)20)17-10(18)3-2-8(15)14(24)25/h7-9H,2-6,15H2,1H3,(H,16,21)(H,17,18)(H,19,20)(H,22,23)(H,24,25)/t7-,8-,9+/m0/s1. The van der Waals surface area contributed by atoms with Crippen molar-refractivity contribution in [2.45, 2.75) is 31.8 Å². The summed E-state index contributed by atoms with van der Waals surface area (Å²) in [6.45, 7) is 0.853. The third kappa shape index (κ3) is 10.5. The topological polar surface area (TPSA) is 196 Å². The molecular weight excluding hydrogens is 370 g/mol. The molecule has 0 saturated heterocycles. The second kappa shape index (κ2) is 12.1. The zero-order chi connectivity index (χ0) is 20.3. The average molecular weight is 393 g/mol. The highest BCUT2D eigenvalue weighted by molar-refractivity contribution is 7.99. The lowest BCUT2D eigenvalue weighted by molar-refractivity contribution is -0.140. The molecule has 26 heavy (non-hydrogen) atoms. The van der Waals surface area contributed by atoms with E-state index >= 15 is 0 Å². The van der Waals surface area contributed by atoms with Gasteiger partial charge in [0.2, 0.25) is 11.8 Å². The first-order chi connectivity index (χ1) is 12.0. The maximum absolute atomic E-state index is 12.0. The minimum atomic E-state index is -1.26. The van der Waals surface area contributed by atoms with Crippen molar-refractivity contribution in [1.82, 2.24) is 10.6 Å². The van der Waals surface area contributed by atoms with Crippen LogP contribution >= 0.6 is 11.8 Å². The van der Waals surface area contributed by atoms with Gasteiger partial charge in [0.25, 0.3) is 0 Å². The molecule has 0 heterocycles. The van der Waals surface area contributed by atoms with Gasteiger partial charge in [0.15, 0.2) is 0 Å². The highest BCUT2D eigenvalue weighted by Gasteiger charge is 2.23. The first kappa shape index (κ1) is 23.7. The lowest BCUT2D eigenvalue weighted by Crippen LogP contribution is -2.49. The van der Waals surface area contributed by atoms with E-state index in [2.05, 4.69) is 10.6 Å². The maximum Gasteiger partial charge on any atom is 0.322 e. The summed E-state index contributed by atoms with van der Waals surface area (Å²) in [5, 5.41) is 30.6. The van der Waals surface area contributed by atoms with Crippen LogP contribution in [0.25, 0.3) is 0 Å². The molecule has 0 spiro atoms. The van der Waals surface area contributed by atoms with Gasteiger partial charge in [-0.1, -0.05) is 6.92 Å². The lowest BCUT2D eigenvalue weighted by atomic mass is 10.1. The minimum absolute atomic E-state index is 0.0276. The summed E-state index contributed by atoms with van der Waals surface area (Å²) in [5.74, 6) is -5.32. The number of rotatable bonds is 13. The third-order valence-corrected chi connectivity index (χ3v) is 4.44. The fourth-order valence-corrected chi connectivity index (χ4v) is 2.68. The number of nitrogens with two attached hydrogens (primary N) is 1. The zero-order valence-electron chi connectivity index (χ0n) is 14.1. The molecule has 148 valence electrons. The van der Waals surface area contributed by atoms with Crippen LogP contribution in [0.3, 0.4) is 0 Å². The van der Waals surface area contributed by atoms with Crippen molar-refractivity contribution < 1.29 is 39.3 Å². The normalized spacial score (nSPS) is 13.9. The van der Waals surface area contributed by atoms with E-state index in [1.165, 1.54) is 6.92 Å². The van der Waals surface area contributed by atoms with E-state index < -0.39 is 54.3 Å². The van der Waals surface area contributed by atoms with Crippen molar-refractivity contribution >= 4 is 41.5 Å². The van der Waals surface area contributed by atoms with Crippen LogP contribution in [0, 0.1) is 5.92 Å². The Bertz CT molecular complexity index is 542. The van der Waals surface area contributed by atoms with Gasteiger partial charge in [-0.3, -0.25) is 24.0 Å². The summed E-state index contributed by atoms with van der Waals surface area (Å²) in [6.07, 6.45) is -0.361. The Hall–Kier alpha value is -2.34. The fourth-order valence-electron chi connectivity index (χ4n) is 1.58. The summed E-state index contributed by atoms with van der Waals surface area (Å²) >= 11 is 1.11. The Labute approximate surface area is 153 Å². The van der Waals surface area contributed by atoms with Crippen LogP contribution in [0.2, 0.25) is 0 Å². The number of amides is 2. The summed E-state index contributed by atoms with van der Waals surface area (Å²) < 4.78 is 0. The van der Waals surface area contributed by atoms with Gasteiger partial charge in [0, 0.05) is 17.9 Å². The quantitative estimate of drug-likeness (QED) is 0.210. The van der Waals surface area contributed by atoms with Gasteiger partial charge in [0.1, 0.15) is 18.6 Å². The first-order valence-electron chi connectivity index (χ1n) is 7.62. The van der Waals surface area contributed by atoms with E-state index in [0.29, 0.717) is 0 Å². The second-order valence-electron chi connectivity index (χ2n) is 5.49. The van der Waals surface area contributed by atoms with Gasteiger partial charge in [0.05, 0.1) is 5.92 Å². The Morgan fingerprint density at radius 1 is 1.04 bits per heavy atom. The van der Waals surface area contributed by atoms with Crippen LogP contribution in [0.15, 0.2) is 0 Å². The molecule has 0 saturated carbocycles. The van der Waals surface area contributed by atoms with Gasteiger partial charge < -0.3 is 31.7 Å². The Balaban J connectivity index is 4.67. The van der Waals surface area contributed by atoms with Crippen LogP contribution in [-0.2, 0) is 24.0 Å². The van der Waals surface area contributed by atoms with Crippen molar-refractivity contribution in [1.29, 1.82) is 0 Å². The number of aliphatic carboxylic acids is 3. The summed E-state index contributed by atoms with van der Waals surface area (Å²) in [5.41, 5.74) is 5.29. The Kier molecular flexibility index (Phi) is 11.0. The monoisotopic (exact) mass is 393 g/mol.